The number of hydrazine groups is 1. The van der Waals surface area contributed by atoms with Crippen LogP contribution in [0.5, 0.6) is 11.5 Å². The summed E-state index contributed by atoms with van der Waals surface area (Å²) in [7, 11) is 0. The number of hydrogen-bond donors (Lipinski definition) is 2. The van der Waals surface area contributed by atoms with E-state index in [1.165, 1.54) is 0 Å². The molecule has 0 aliphatic carbocycles. The molecule has 2 N–H and O–H groups in total. The maximum atomic E-state index is 12.6. The number of carbonyl (C=O) groups is 2. The minimum atomic E-state index is -0.458. The zero-order chi connectivity index (χ0) is 21.9. The van der Waals surface area contributed by atoms with E-state index in [0.717, 1.165) is 41.3 Å². The van der Waals surface area contributed by atoms with Crippen LogP contribution < -0.4 is 20.3 Å². The van der Waals surface area contributed by atoms with Crippen LogP contribution >= 0.6 is 15.9 Å². The highest BCUT2D eigenvalue weighted by atomic mass is 79.9. The van der Waals surface area contributed by atoms with Gasteiger partial charge in [0.15, 0.2) is 6.61 Å². The first kappa shape index (κ1) is 23.7. The number of rotatable bonds is 10. The predicted octanol–water partition coefficient (Wildman–Crippen LogP) is 4.87. The third-order valence-electron chi connectivity index (χ3n) is 4.67. The van der Waals surface area contributed by atoms with Gasteiger partial charge in [-0.25, -0.2) is 0 Å². The number of nitrogens with one attached hydrogen (secondary N) is 2. The summed E-state index contributed by atoms with van der Waals surface area (Å²) in [6, 6.07) is 10.9. The Morgan fingerprint density at radius 1 is 0.967 bits per heavy atom. The molecule has 0 atom stereocenters. The molecule has 162 valence electrons. The van der Waals surface area contributed by atoms with Crippen molar-refractivity contribution in [1.29, 1.82) is 0 Å². The second kappa shape index (κ2) is 12.2. The van der Waals surface area contributed by atoms with Crippen LogP contribution in [0.2, 0.25) is 0 Å². The molecule has 6 nitrogen and oxygen atoms in total. The number of ether oxygens (including phenoxy) is 2. The molecule has 0 heterocycles. The summed E-state index contributed by atoms with van der Waals surface area (Å²) in [4.78, 5) is 24.6. The van der Waals surface area contributed by atoms with Gasteiger partial charge < -0.3 is 9.47 Å². The van der Waals surface area contributed by atoms with E-state index in [2.05, 4.69) is 33.7 Å². The van der Waals surface area contributed by atoms with Gasteiger partial charge in [0.05, 0.1) is 12.2 Å². The van der Waals surface area contributed by atoms with E-state index in [1.807, 2.05) is 32.0 Å². The largest absolute Gasteiger partial charge is 0.493 e. The number of unbranched alkanes of at least 4 members (excludes halogenated alkanes) is 3. The molecule has 0 aromatic heterocycles. The van der Waals surface area contributed by atoms with E-state index in [9.17, 15) is 9.59 Å². The van der Waals surface area contributed by atoms with Crippen LogP contribution in [-0.4, -0.2) is 25.0 Å². The van der Waals surface area contributed by atoms with E-state index in [4.69, 9.17) is 9.47 Å². The summed E-state index contributed by atoms with van der Waals surface area (Å²) in [6.07, 6.45) is 4.33. The molecule has 0 fully saturated rings. The molecule has 0 bridgehead atoms. The van der Waals surface area contributed by atoms with Gasteiger partial charge in [0.2, 0.25) is 0 Å². The van der Waals surface area contributed by atoms with E-state index in [-0.39, 0.29) is 6.61 Å². The van der Waals surface area contributed by atoms with E-state index in [1.54, 1.807) is 18.2 Å². The van der Waals surface area contributed by atoms with E-state index in [0.29, 0.717) is 23.7 Å². The minimum absolute atomic E-state index is 0.205. The number of benzene rings is 2. The molecule has 2 aromatic carbocycles. The molecule has 0 unspecified atom stereocenters. The second-order valence-electron chi connectivity index (χ2n) is 7.04. The van der Waals surface area contributed by atoms with Gasteiger partial charge in [-0.2, -0.15) is 0 Å². The molecular weight excluding hydrogens is 448 g/mol. The Balaban J connectivity index is 1.88. The SMILES string of the molecule is CCCCCCOc1ccc(Br)cc1C(=O)NNC(=O)COc1cccc(C)c1C. The smallest absolute Gasteiger partial charge is 0.276 e. The molecule has 2 rings (SSSR count). The average Bonchev–Trinajstić information content (AvgIpc) is 2.73. The van der Waals surface area contributed by atoms with Gasteiger partial charge in [-0.3, -0.25) is 20.4 Å². The monoisotopic (exact) mass is 476 g/mol. The maximum Gasteiger partial charge on any atom is 0.276 e. The summed E-state index contributed by atoms with van der Waals surface area (Å²) in [5.41, 5.74) is 7.20. The van der Waals surface area contributed by atoms with Gasteiger partial charge in [-0.1, -0.05) is 54.2 Å². The van der Waals surface area contributed by atoms with Crippen molar-refractivity contribution in [2.24, 2.45) is 0 Å². The van der Waals surface area contributed by atoms with Crippen molar-refractivity contribution >= 4 is 27.7 Å². The summed E-state index contributed by atoms with van der Waals surface area (Å²) < 4.78 is 12.1. The highest BCUT2D eigenvalue weighted by Gasteiger charge is 2.15. The van der Waals surface area contributed by atoms with Crippen molar-refractivity contribution in [3.8, 4) is 11.5 Å². The summed E-state index contributed by atoms with van der Waals surface area (Å²) in [5, 5.41) is 0. The number of hydrogen-bond acceptors (Lipinski definition) is 4. The number of amides is 2. The highest BCUT2D eigenvalue weighted by Crippen LogP contribution is 2.24. The number of halogens is 1. The fraction of sp³-hybridized carbons (Fsp3) is 0.391. The van der Waals surface area contributed by atoms with Crippen LogP contribution in [0.3, 0.4) is 0 Å². The number of aryl methyl sites for hydroxylation is 1. The topological polar surface area (TPSA) is 76.7 Å². The quantitative estimate of drug-likeness (QED) is 0.378. The van der Waals surface area contributed by atoms with Gasteiger partial charge in [0.1, 0.15) is 11.5 Å². The van der Waals surface area contributed by atoms with E-state index < -0.39 is 11.8 Å². The first-order valence-corrected chi connectivity index (χ1v) is 10.9. The fourth-order valence-electron chi connectivity index (χ4n) is 2.77. The van der Waals surface area contributed by atoms with Gasteiger partial charge in [-0.05, 0) is 55.7 Å². The van der Waals surface area contributed by atoms with Gasteiger partial charge >= 0.3 is 0 Å². The number of carbonyl (C=O) groups excluding carboxylic acids is 2. The van der Waals surface area contributed by atoms with Crippen LogP contribution in [0.25, 0.3) is 0 Å². The molecule has 0 spiro atoms. The molecule has 0 saturated heterocycles. The third kappa shape index (κ3) is 7.37. The Kier molecular flexibility index (Phi) is 9.67. The van der Waals surface area contributed by atoms with Gasteiger partial charge in [0.25, 0.3) is 11.8 Å². The third-order valence-corrected chi connectivity index (χ3v) is 5.16. The molecular formula is C23H29BrN2O4. The van der Waals surface area contributed by atoms with Gasteiger partial charge in [-0.15, -0.1) is 0 Å². The molecule has 0 radical (unpaired) electrons. The summed E-state index contributed by atoms with van der Waals surface area (Å²) in [6.45, 7) is 6.40. The summed E-state index contributed by atoms with van der Waals surface area (Å²) >= 11 is 3.37. The van der Waals surface area contributed by atoms with Crippen molar-refractivity contribution in [3.63, 3.8) is 0 Å². The molecule has 7 heteroatoms. The van der Waals surface area contributed by atoms with Crippen LogP contribution in [0.4, 0.5) is 0 Å². The van der Waals surface area contributed by atoms with Crippen LogP contribution in [0.15, 0.2) is 40.9 Å². The molecule has 2 amide bonds. The van der Waals surface area contributed by atoms with Crippen LogP contribution in [0, 0.1) is 13.8 Å². The molecule has 0 saturated carbocycles. The Morgan fingerprint density at radius 2 is 1.77 bits per heavy atom. The van der Waals surface area contributed by atoms with Crippen molar-refractivity contribution in [2.45, 2.75) is 46.5 Å². The fourth-order valence-corrected chi connectivity index (χ4v) is 3.13. The lowest BCUT2D eigenvalue weighted by atomic mass is 10.1. The Labute approximate surface area is 186 Å². The first-order valence-electron chi connectivity index (χ1n) is 10.1. The minimum Gasteiger partial charge on any atom is -0.493 e. The second-order valence-corrected chi connectivity index (χ2v) is 7.95. The lowest BCUT2D eigenvalue weighted by Crippen LogP contribution is -2.44. The lowest BCUT2D eigenvalue weighted by Gasteiger charge is -2.14. The Bertz CT molecular complexity index is 870. The van der Waals surface area contributed by atoms with Crippen LogP contribution in [0.1, 0.15) is 54.1 Å². The molecule has 0 aliphatic rings. The predicted molar refractivity (Wildman–Crippen MR) is 121 cm³/mol. The maximum absolute atomic E-state index is 12.6. The first-order chi connectivity index (χ1) is 14.4. The van der Waals surface area contributed by atoms with Crippen molar-refractivity contribution < 1.29 is 19.1 Å². The van der Waals surface area contributed by atoms with Crippen molar-refractivity contribution in [1.82, 2.24) is 10.9 Å². The highest BCUT2D eigenvalue weighted by molar-refractivity contribution is 9.10. The standard InChI is InChI=1S/C23H29BrN2O4/c1-4-5-6-7-13-29-21-12-11-18(24)14-19(21)23(28)26-25-22(27)15-30-20-10-8-9-16(2)17(20)3/h8-12,14H,4-7,13,15H2,1-3H3,(H,25,27)(H,26,28). The average molecular weight is 477 g/mol. The van der Waals surface area contributed by atoms with Crippen molar-refractivity contribution in [2.75, 3.05) is 13.2 Å². The van der Waals surface area contributed by atoms with Gasteiger partial charge in [0, 0.05) is 4.47 Å². The Morgan fingerprint density at radius 3 is 2.53 bits per heavy atom. The summed E-state index contributed by atoms with van der Waals surface area (Å²) in [5.74, 6) is 0.205. The Hall–Kier alpha value is -2.54. The molecule has 2 aromatic rings. The van der Waals surface area contributed by atoms with Crippen LogP contribution in [-0.2, 0) is 4.79 Å². The van der Waals surface area contributed by atoms with Crippen molar-refractivity contribution in [3.05, 3.63) is 57.6 Å². The molecule has 0 aliphatic heterocycles. The normalized spacial score (nSPS) is 10.4. The zero-order valence-corrected chi connectivity index (χ0v) is 19.3. The zero-order valence-electron chi connectivity index (χ0n) is 17.7. The molecule has 30 heavy (non-hydrogen) atoms. The van der Waals surface area contributed by atoms with E-state index >= 15 is 0 Å². The lowest BCUT2D eigenvalue weighted by molar-refractivity contribution is -0.123.